The van der Waals surface area contributed by atoms with Crippen molar-refractivity contribution in [1.82, 2.24) is 5.32 Å². The zero-order valence-corrected chi connectivity index (χ0v) is 11.1. The van der Waals surface area contributed by atoms with Crippen LogP contribution < -0.4 is 5.32 Å². The van der Waals surface area contributed by atoms with Crippen molar-refractivity contribution in [3.05, 3.63) is 24.2 Å². The van der Waals surface area contributed by atoms with E-state index >= 15 is 0 Å². The Morgan fingerprint density at radius 3 is 3.06 bits per heavy atom. The Kier molecular flexibility index (Phi) is 5.71. The van der Waals surface area contributed by atoms with E-state index in [0.29, 0.717) is 12.2 Å². The minimum absolute atomic E-state index is 0.374. The second kappa shape index (κ2) is 7.56. The summed E-state index contributed by atoms with van der Waals surface area (Å²) in [4.78, 5) is 0. The Morgan fingerprint density at radius 2 is 2.28 bits per heavy atom. The van der Waals surface area contributed by atoms with Crippen LogP contribution in [0.5, 0.6) is 0 Å². The minimum Gasteiger partial charge on any atom is -0.472 e. The van der Waals surface area contributed by atoms with Crippen LogP contribution in [-0.4, -0.2) is 32.5 Å². The fourth-order valence-electron chi connectivity index (χ4n) is 2.39. The third-order valence-electron chi connectivity index (χ3n) is 3.45. The van der Waals surface area contributed by atoms with Crippen molar-refractivity contribution in [2.75, 3.05) is 20.3 Å². The normalized spacial score (nSPS) is 24.3. The molecule has 4 heteroatoms. The highest BCUT2D eigenvalue weighted by Crippen LogP contribution is 2.22. The molecule has 0 aromatic carbocycles. The lowest BCUT2D eigenvalue weighted by atomic mass is 9.95. The summed E-state index contributed by atoms with van der Waals surface area (Å²) < 4.78 is 16.3. The van der Waals surface area contributed by atoms with Crippen molar-refractivity contribution in [2.24, 2.45) is 0 Å². The Labute approximate surface area is 109 Å². The summed E-state index contributed by atoms with van der Waals surface area (Å²) in [6, 6.07) is 1.97. The van der Waals surface area contributed by atoms with E-state index in [2.05, 4.69) is 5.32 Å². The summed E-state index contributed by atoms with van der Waals surface area (Å²) in [6.45, 7) is 2.48. The van der Waals surface area contributed by atoms with E-state index in [-0.39, 0.29) is 0 Å². The highest BCUT2D eigenvalue weighted by atomic mass is 16.5. The highest BCUT2D eigenvalue weighted by molar-refractivity contribution is 5.04. The first-order valence-corrected chi connectivity index (χ1v) is 6.74. The molecule has 1 aliphatic carbocycles. The molecule has 0 spiro atoms. The maximum atomic E-state index is 5.87. The molecule has 1 aliphatic rings. The van der Waals surface area contributed by atoms with Crippen molar-refractivity contribution in [3.8, 4) is 0 Å². The van der Waals surface area contributed by atoms with Crippen LogP contribution in [0.15, 0.2) is 23.0 Å². The molecule has 18 heavy (non-hydrogen) atoms. The third kappa shape index (κ3) is 4.44. The maximum Gasteiger partial charge on any atom is 0.0947 e. The van der Waals surface area contributed by atoms with Gasteiger partial charge in [-0.1, -0.05) is 0 Å². The number of ether oxygens (including phenoxy) is 2. The van der Waals surface area contributed by atoms with Gasteiger partial charge in [0.2, 0.25) is 0 Å². The van der Waals surface area contributed by atoms with Gasteiger partial charge in [-0.25, -0.2) is 0 Å². The molecule has 2 rings (SSSR count). The lowest BCUT2D eigenvalue weighted by molar-refractivity contribution is -0.0282. The van der Waals surface area contributed by atoms with Crippen LogP contribution in [0.2, 0.25) is 0 Å². The van der Waals surface area contributed by atoms with Crippen LogP contribution in [0.1, 0.15) is 31.2 Å². The Hall–Kier alpha value is -0.840. The SMILES string of the molecule is COC1CCCC(OCCNCc2ccoc2)C1. The summed E-state index contributed by atoms with van der Waals surface area (Å²) in [5, 5.41) is 3.34. The van der Waals surface area contributed by atoms with E-state index in [1.807, 2.05) is 6.07 Å². The van der Waals surface area contributed by atoms with Crippen LogP contribution in [-0.2, 0) is 16.0 Å². The van der Waals surface area contributed by atoms with E-state index in [1.165, 1.54) is 24.8 Å². The molecule has 1 fully saturated rings. The maximum absolute atomic E-state index is 5.87. The zero-order valence-electron chi connectivity index (χ0n) is 11.1. The van der Waals surface area contributed by atoms with Crippen LogP contribution in [0.3, 0.4) is 0 Å². The molecule has 4 nitrogen and oxygen atoms in total. The largest absolute Gasteiger partial charge is 0.472 e. The first kappa shape index (κ1) is 13.6. The van der Waals surface area contributed by atoms with E-state index in [1.54, 1.807) is 19.6 Å². The van der Waals surface area contributed by atoms with Gasteiger partial charge in [-0.05, 0) is 31.7 Å². The monoisotopic (exact) mass is 253 g/mol. The molecule has 1 saturated carbocycles. The Balaban J connectivity index is 1.52. The van der Waals surface area contributed by atoms with Crippen LogP contribution in [0, 0.1) is 0 Å². The predicted molar refractivity (Wildman–Crippen MR) is 69.4 cm³/mol. The number of furan rings is 1. The fourth-order valence-corrected chi connectivity index (χ4v) is 2.39. The van der Waals surface area contributed by atoms with Crippen LogP contribution >= 0.6 is 0 Å². The summed E-state index contributed by atoms with van der Waals surface area (Å²) in [7, 11) is 1.79. The number of rotatable bonds is 7. The van der Waals surface area contributed by atoms with Crippen molar-refractivity contribution < 1.29 is 13.9 Å². The van der Waals surface area contributed by atoms with Gasteiger partial charge in [0.05, 0.1) is 31.3 Å². The van der Waals surface area contributed by atoms with Gasteiger partial charge in [0.1, 0.15) is 0 Å². The zero-order chi connectivity index (χ0) is 12.6. The van der Waals surface area contributed by atoms with Crippen molar-refractivity contribution >= 4 is 0 Å². The van der Waals surface area contributed by atoms with Crippen molar-refractivity contribution in [2.45, 2.75) is 44.4 Å². The predicted octanol–water partition coefficient (Wildman–Crippen LogP) is 2.34. The van der Waals surface area contributed by atoms with Gasteiger partial charge in [-0.15, -0.1) is 0 Å². The van der Waals surface area contributed by atoms with Gasteiger partial charge in [-0.3, -0.25) is 0 Å². The van der Waals surface area contributed by atoms with E-state index in [0.717, 1.165) is 26.1 Å². The average Bonchev–Trinajstić information content (AvgIpc) is 2.92. The van der Waals surface area contributed by atoms with Gasteiger partial charge in [-0.2, -0.15) is 0 Å². The number of hydrogen-bond donors (Lipinski definition) is 1. The Morgan fingerprint density at radius 1 is 1.39 bits per heavy atom. The molecule has 0 amide bonds. The van der Waals surface area contributed by atoms with E-state index < -0.39 is 0 Å². The molecule has 1 N–H and O–H groups in total. The molecule has 1 aromatic rings. The molecular weight excluding hydrogens is 230 g/mol. The van der Waals surface area contributed by atoms with E-state index in [4.69, 9.17) is 13.9 Å². The van der Waals surface area contributed by atoms with Crippen molar-refractivity contribution in [3.63, 3.8) is 0 Å². The van der Waals surface area contributed by atoms with Gasteiger partial charge >= 0.3 is 0 Å². The summed E-state index contributed by atoms with van der Waals surface area (Å²) >= 11 is 0. The number of nitrogens with one attached hydrogen (secondary N) is 1. The smallest absolute Gasteiger partial charge is 0.0947 e. The summed E-state index contributed by atoms with van der Waals surface area (Å²) in [5.74, 6) is 0. The van der Waals surface area contributed by atoms with Crippen molar-refractivity contribution in [1.29, 1.82) is 0 Å². The number of hydrogen-bond acceptors (Lipinski definition) is 4. The standard InChI is InChI=1S/C14H23NO3/c1-16-13-3-2-4-14(9-13)18-8-6-15-10-12-5-7-17-11-12/h5,7,11,13-15H,2-4,6,8-10H2,1H3. The second-order valence-corrected chi connectivity index (χ2v) is 4.83. The van der Waals surface area contributed by atoms with Gasteiger partial charge in [0, 0.05) is 25.8 Å². The minimum atomic E-state index is 0.374. The van der Waals surface area contributed by atoms with Crippen LogP contribution in [0.4, 0.5) is 0 Å². The quantitative estimate of drug-likeness (QED) is 0.757. The van der Waals surface area contributed by atoms with Crippen LogP contribution in [0.25, 0.3) is 0 Å². The lowest BCUT2D eigenvalue weighted by Crippen LogP contribution is -2.29. The molecule has 102 valence electrons. The van der Waals surface area contributed by atoms with Gasteiger partial charge in [0.15, 0.2) is 0 Å². The van der Waals surface area contributed by atoms with E-state index in [9.17, 15) is 0 Å². The summed E-state index contributed by atoms with van der Waals surface area (Å²) in [5.41, 5.74) is 1.17. The summed E-state index contributed by atoms with van der Waals surface area (Å²) in [6.07, 6.45) is 8.82. The molecule has 1 aromatic heterocycles. The molecule has 1 heterocycles. The lowest BCUT2D eigenvalue weighted by Gasteiger charge is -2.28. The first-order valence-electron chi connectivity index (χ1n) is 6.74. The molecule has 0 aliphatic heterocycles. The topological polar surface area (TPSA) is 43.6 Å². The second-order valence-electron chi connectivity index (χ2n) is 4.83. The molecule has 2 unspecified atom stereocenters. The highest BCUT2D eigenvalue weighted by Gasteiger charge is 2.21. The Bertz CT molecular complexity index is 313. The fraction of sp³-hybridized carbons (Fsp3) is 0.714. The van der Waals surface area contributed by atoms with Gasteiger partial charge < -0.3 is 19.2 Å². The molecule has 0 radical (unpaired) electrons. The molecule has 2 atom stereocenters. The first-order chi connectivity index (χ1) is 8.88. The average molecular weight is 253 g/mol. The third-order valence-corrected chi connectivity index (χ3v) is 3.45. The molecule has 0 bridgehead atoms. The molecule has 0 saturated heterocycles. The molecular formula is C14H23NO3. The number of methoxy groups -OCH3 is 1. The van der Waals surface area contributed by atoms with Gasteiger partial charge in [0.25, 0.3) is 0 Å².